The van der Waals surface area contributed by atoms with Gasteiger partial charge in [0.15, 0.2) is 0 Å². The van der Waals surface area contributed by atoms with Crippen molar-refractivity contribution < 1.29 is 13.9 Å². The molecule has 0 radical (unpaired) electrons. The fraction of sp³-hybridized carbons (Fsp3) is 0.350. The summed E-state index contributed by atoms with van der Waals surface area (Å²) in [6.45, 7) is 6.11. The van der Waals surface area contributed by atoms with E-state index in [4.69, 9.17) is 9.15 Å². The maximum absolute atomic E-state index is 12.0. The first-order chi connectivity index (χ1) is 11.6. The molecule has 24 heavy (non-hydrogen) atoms. The van der Waals surface area contributed by atoms with E-state index < -0.39 is 0 Å². The predicted octanol–water partition coefficient (Wildman–Crippen LogP) is 6.15. The van der Waals surface area contributed by atoms with Crippen molar-refractivity contribution in [3.63, 3.8) is 0 Å². The number of allylic oxidation sites excluding steroid dienone is 1. The molecule has 0 aliphatic heterocycles. The minimum Gasteiger partial charge on any atom is -0.462 e. The van der Waals surface area contributed by atoms with Gasteiger partial charge in [-0.1, -0.05) is 53.9 Å². The first-order valence-corrected chi connectivity index (χ1v) is 9.10. The highest BCUT2D eigenvalue weighted by molar-refractivity contribution is 9.10. The molecule has 2 aromatic rings. The second-order valence-electron chi connectivity index (χ2n) is 5.57. The summed E-state index contributed by atoms with van der Waals surface area (Å²) in [6, 6.07) is 9.89. The number of furan rings is 1. The van der Waals surface area contributed by atoms with Gasteiger partial charge in [-0.2, -0.15) is 0 Å². The number of ether oxygens (including phenoxy) is 1. The fourth-order valence-corrected chi connectivity index (χ4v) is 2.73. The lowest BCUT2D eigenvalue weighted by Gasteiger charge is -2.06. The van der Waals surface area contributed by atoms with Crippen LogP contribution in [0.5, 0.6) is 0 Å². The monoisotopic (exact) mass is 390 g/mol. The third-order valence-electron chi connectivity index (χ3n) is 3.74. The molecule has 2 rings (SSSR count). The molecule has 0 saturated heterocycles. The van der Waals surface area contributed by atoms with Crippen LogP contribution in [0, 0.1) is 6.92 Å². The fourth-order valence-electron chi connectivity index (χ4n) is 2.47. The smallest absolute Gasteiger partial charge is 0.341 e. The number of benzene rings is 1. The zero-order valence-electron chi connectivity index (χ0n) is 14.4. The Balaban J connectivity index is 2.40. The number of hydrogen-bond acceptors (Lipinski definition) is 3. The lowest BCUT2D eigenvalue weighted by Crippen LogP contribution is -2.04. The van der Waals surface area contributed by atoms with Crippen LogP contribution in [-0.4, -0.2) is 12.6 Å². The van der Waals surface area contributed by atoms with E-state index in [1.807, 2.05) is 24.3 Å². The van der Waals surface area contributed by atoms with E-state index in [2.05, 4.69) is 28.9 Å². The number of carbonyl (C=O) groups excluding carboxylic acids is 1. The van der Waals surface area contributed by atoms with Crippen LogP contribution < -0.4 is 0 Å². The first-order valence-electron chi connectivity index (χ1n) is 8.30. The number of rotatable bonds is 7. The van der Waals surface area contributed by atoms with E-state index in [9.17, 15) is 4.79 Å². The summed E-state index contributed by atoms with van der Waals surface area (Å²) in [4.78, 5) is 12.0. The Bertz CT molecular complexity index is 711. The van der Waals surface area contributed by atoms with Gasteiger partial charge in [0.25, 0.3) is 0 Å². The van der Waals surface area contributed by atoms with Crippen molar-refractivity contribution in [3.05, 3.63) is 63.5 Å². The number of hydrogen-bond donors (Lipinski definition) is 0. The summed E-state index contributed by atoms with van der Waals surface area (Å²) in [5.41, 5.74) is 2.57. The molecular weight excluding hydrogens is 368 g/mol. The summed E-state index contributed by atoms with van der Waals surface area (Å²) < 4.78 is 12.0. The van der Waals surface area contributed by atoms with E-state index in [1.165, 1.54) is 0 Å². The van der Waals surface area contributed by atoms with Crippen LogP contribution in [-0.2, 0) is 4.74 Å². The Morgan fingerprint density at radius 2 is 1.96 bits per heavy atom. The van der Waals surface area contributed by atoms with Gasteiger partial charge in [-0.25, -0.2) is 4.79 Å². The van der Waals surface area contributed by atoms with Crippen molar-refractivity contribution in [1.82, 2.24) is 0 Å². The molecule has 0 aliphatic rings. The standard InChI is InChI=1S/C20H23BrO3/c1-4-6-7-8-17(15-9-11-16(21)12-10-15)19-13-18(14(3)24-19)20(22)23-5-2/h8-13H,4-7H2,1-3H3/b17-8+. The second-order valence-corrected chi connectivity index (χ2v) is 6.48. The van der Waals surface area contributed by atoms with Crippen LogP contribution >= 0.6 is 15.9 Å². The van der Waals surface area contributed by atoms with Crippen LogP contribution in [0.25, 0.3) is 5.57 Å². The van der Waals surface area contributed by atoms with Gasteiger partial charge in [0, 0.05) is 10.0 Å². The number of unbranched alkanes of at least 4 members (excludes halogenated alkanes) is 2. The number of halogens is 1. The molecule has 0 spiro atoms. The lowest BCUT2D eigenvalue weighted by atomic mass is 10.0. The Kier molecular flexibility index (Phi) is 6.85. The molecule has 0 bridgehead atoms. The van der Waals surface area contributed by atoms with Gasteiger partial charge in [-0.3, -0.25) is 0 Å². The largest absolute Gasteiger partial charge is 0.462 e. The van der Waals surface area contributed by atoms with Crippen molar-refractivity contribution in [2.24, 2.45) is 0 Å². The Hall–Kier alpha value is -1.81. The summed E-state index contributed by atoms with van der Waals surface area (Å²) in [5.74, 6) is 0.949. The van der Waals surface area contributed by atoms with Crippen LogP contribution in [0.4, 0.5) is 0 Å². The van der Waals surface area contributed by atoms with Crippen LogP contribution in [0.1, 0.15) is 60.6 Å². The highest BCUT2D eigenvalue weighted by atomic mass is 79.9. The molecule has 0 atom stereocenters. The Morgan fingerprint density at radius 1 is 1.25 bits per heavy atom. The van der Waals surface area contributed by atoms with Gasteiger partial charge >= 0.3 is 5.97 Å². The van der Waals surface area contributed by atoms with Crippen LogP contribution in [0.2, 0.25) is 0 Å². The third-order valence-corrected chi connectivity index (χ3v) is 4.27. The summed E-state index contributed by atoms with van der Waals surface area (Å²) in [6.07, 6.45) is 5.40. The minimum atomic E-state index is -0.339. The average molecular weight is 391 g/mol. The highest BCUT2D eigenvalue weighted by Crippen LogP contribution is 2.29. The maximum Gasteiger partial charge on any atom is 0.341 e. The van der Waals surface area contributed by atoms with Crippen molar-refractivity contribution in [2.45, 2.75) is 40.0 Å². The quantitative estimate of drug-likeness (QED) is 0.420. The van der Waals surface area contributed by atoms with E-state index >= 15 is 0 Å². The molecule has 0 amide bonds. The highest BCUT2D eigenvalue weighted by Gasteiger charge is 2.18. The molecule has 0 N–H and O–H groups in total. The average Bonchev–Trinajstić information content (AvgIpc) is 2.95. The molecule has 0 unspecified atom stereocenters. The normalized spacial score (nSPS) is 11.6. The van der Waals surface area contributed by atoms with Gasteiger partial charge in [0.05, 0.1) is 6.61 Å². The zero-order valence-corrected chi connectivity index (χ0v) is 16.0. The summed E-state index contributed by atoms with van der Waals surface area (Å²) in [7, 11) is 0. The van der Waals surface area contributed by atoms with E-state index in [1.54, 1.807) is 19.9 Å². The molecule has 1 heterocycles. The van der Waals surface area contributed by atoms with E-state index in [0.717, 1.165) is 34.9 Å². The molecule has 0 fully saturated rings. The number of esters is 1. The molecule has 128 valence electrons. The molecule has 3 nitrogen and oxygen atoms in total. The zero-order chi connectivity index (χ0) is 17.5. The molecule has 1 aromatic carbocycles. The Morgan fingerprint density at radius 3 is 2.58 bits per heavy atom. The van der Waals surface area contributed by atoms with Gasteiger partial charge in [0.1, 0.15) is 17.1 Å². The molecule has 1 aromatic heterocycles. The van der Waals surface area contributed by atoms with Crippen molar-refractivity contribution >= 4 is 27.5 Å². The second kappa shape index (κ2) is 8.88. The summed E-state index contributed by atoms with van der Waals surface area (Å²) >= 11 is 3.46. The molecular formula is C20H23BrO3. The third kappa shape index (κ3) is 4.60. The van der Waals surface area contributed by atoms with Crippen LogP contribution in [0.3, 0.4) is 0 Å². The van der Waals surface area contributed by atoms with E-state index in [-0.39, 0.29) is 5.97 Å². The Labute approximate surface area is 151 Å². The van der Waals surface area contributed by atoms with Gasteiger partial charge in [-0.15, -0.1) is 0 Å². The number of carbonyl (C=O) groups is 1. The number of aryl methyl sites for hydroxylation is 1. The minimum absolute atomic E-state index is 0.339. The first kappa shape index (κ1) is 18.5. The molecule has 0 aliphatic carbocycles. The van der Waals surface area contributed by atoms with Gasteiger partial charge in [-0.05, 0) is 44.0 Å². The maximum atomic E-state index is 12.0. The van der Waals surface area contributed by atoms with Crippen molar-refractivity contribution in [1.29, 1.82) is 0 Å². The lowest BCUT2D eigenvalue weighted by molar-refractivity contribution is 0.0524. The molecule has 4 heteroatoms. The van der Waals surface area contributed by atoms with Gasteiger partial charge < -0.3 is 9.15 Å². The van der Waals surface area contributed by atoms with Gasteiger partial charge in [0.2, 0.25) is 0 Å². The van der Waals surface area contributed by atoms with Crippen molar-refractivity contribution in [2.75, 3.05) is 6.61 Å². The van der Waals surface area contributed by atoms with Crippen molar-refractivity contribution in [3.8, 4) is 0 Å². The summed E-state index contributed by atoms with van der Waals surface area (Å²) in [5, 5.41) is 0. The SMILES string of the molecule is CCCC/C=C(\c1ccc(Br)cc1)c1cc(C(=O)OCC)c(C)o1. The van der Waals surface area contributed by atoms with E-state index in [0.29, 0.717) is 23.7 Å². The molecule has 0 saturated carbocycles. The predicted molar refractivity (Wildman–Crippen MR) is 100 cm³/mol. The van der Waals surface area contributed by atoms with Crippen LogP contribution in [0.15, 0.2) is 45.3 Å². The topological polar surface area (TPSA) is 39.4 Å².